The summed E-state index contributed by atoms with van der Waals surface area (Å²) >= 11 is 1.57. The van der Waals surface area contributed by atoms with E-state index in [2.05, 4.69) is 42.8 Å². The van der Waals surface area contributed by atoms with E-state index in [1.165, 1.54) is 0 Å². The molecule has 1 aliphatic carbocycles. The van der Waals surface area contributed by atoms with Crippen LogP contribution in [-0.4, -0.2) is 14.5 Å². The molecule has 0 fully saturated rings. The van der Waals surface area contributed by atoms with E-state index in [4.69, 9.17) is 4.98 Å². The van der Waals surface area contributed by atoms with Crippen LogP contribution < -0.4 is 5.56 Å². The number of nitrogens with zero attached hydrogens (tertiary/aromatic N) is 3. The Bertz CT molecular complexity index is 1230. The summed E-state index contributed by atoms with van der Waals surface area (Å²) in [6.07, 6.45) is 8.15. The number of hydrogen-bond acceptors (Lipinski definition) is 4. The number of aromatic nitrogens is 3. The topological polar surface area (TPSA) is 47.8 Å². The second-order valence-electron chi connectivity index (χ2n) is 7.08. The first-order chi connectivity index (χ1) is 13.6. The first kappa shape index (κ1) is 18.4. The van der Waals surface area contributed by atoms with E-state index in [1.807, 2.05) is 31.2 Å². The lowest BCUT2D eigenvalue weighted by atomic mass is 10.1. The maximum absolute atomic E-state index is 13.6. The minimum atomic E-state index is -0.0635. The maximum atomic E-state index is 13.6. The number of allylic oxidation sites excluding steroid dienone is 4. The highest BCUT2D eigenvalue weighted by Gasteiger charge is 2.18. The van der Waals surface area contributed by atoms with Gasteiger partial charge in [-0.05, 0) is 43.9 Å². The second-order valence-corrected chi connectivity index (χ2v) is 8.14. The fourth-order valence-corrected chi connectivity index (χ4v) is 3.84. The lowest BCUT2D eigenvalue weighted by Gasteiger charge is -2.18. The monoisotopic (exact) mass is 387 g/mol. The summed E-state index contributed by atoms with van der Waals surface area (Å²) < 4.78 is 1.75. The van der Waals surface area contributed by atoms with E-state index in [-0.39, 0.29) is 11.5 Å². The first-order valence-corrected chi connectivity index (χ1v) is 10.3. The van der Waals surface area contributed by atoms with Gasteiger partial charge in [0, 0.05) is 22.1 Å². The van der Waals surface area contributed by atoms with Crippen molar-refractivity contribution in [3.05, 3.63) is 74.3 Å². The highest BCUT2D eigenvalue weighted by atomic mass is 32.1. The molecule has 28 heavy (non-hydrogen) atoms. The molecule has 0 bridgehead atoms. The Morgan fingerprint density at radius 3 is 2.75 bits per heavy atom. The van der Waals surface area contributed by atoms with Gasteiger partial charge in [-0.3, -0.25) is 9.36 Å². The van der Waals surface area contributed by atoms with Crippen molar-refractivity contribution in [1.82, 2.24) is 14.5 Å². The zero-order valence-corrected chi connectivity index (χ0v) is 17.0. The van der Waals surface area contributed by atoms with Gasteiger partial charge >= 0.3 is 0 Å². The summed E-state index contributed by atoms with van der Waals surface area (Å²) in [6, 6.07) is 5.67. The van der Waals surface area contributed by atoms with Crippen molar-refractivity contribution in [2.45, 2.75) is 39.5 Å². The standard InChI is InChI=1S/C23H21N3OS/c1-15(2)22-25-20-11-7-8-17(12-13-19-16(3)28-14-24-19)21(20)23(27)26(22)18-9-5-4-6-10-18/h5,7-11,14-15H,4,6H2,1-3H3. The summed E-state index contributed by atoms with van der Waals surface area (Å²) in [6.45, 7) is 6.12. The van der Waals surface area contributed by atoms with Gasteiger partial charge in [-0.1, -0.05) is 38.0 Å². The predicted molar refractivity (Wildman–Crippen MR) is 116 cm³/mol. The summed E-state index contributed by atoms with van der Waals surface area (Å²) in [7, 11) is 0. The molecule has 0 amide bonds. The lowest BCUT2D eigenvalue weighted by Crippen LogP contribution is -2.26. The van der Waals surface area contributed by atoms with E-state index in [1.54, 1.807) is 21.4 Å². The summed E-state index contributed by atoms with van der Waals surface area (Å²) in [5, 5.41) is 0.562. The average molecular weight is 388 g/mol. The number of hydrogen-bond donors (Lipinski definition) is 0. The van der Waals surface area contributed by atoms with Crippen molar-refractivity contribution < 1.29 is 0 Å². The Hall–Kier alpha value is -2.97. The predicted octanol–water partition coefficient (Wildman–Crippen LogP) is 4.88. The average Bonchev–Trinajstić information content (AvgIpc) is 3.11. The van der Waals surface area contributed by atoms with Crippen LogP contribution in [0.4, 0.5) is 0 Å². The molecule has 0 aliphatic heterocycles. The molecular weight excluding hydrogens is 366 g/mol. The molecular formula is C23H21N3OS. The van der Waals surface area contributed by atoms with Crippen LogP contribution in [-0.2, 0) is 0 Å². The highest BCUT2D eigenvalue weighted by Crippen LogP contribution is 2.23. The molecule has 0 N–H and O–H groups in total. The van der Waals surface area contributed by atoms with Gasteiger partial charge in [0.25, 0.3) is 5.56 Å². The summed E-state index contributed by atoms with van der Waals surface area (Å²) in [5.41, 5.74) is 4.75. The number of fused-ring (bicyclic) bond motifs is 1. The number of aryl methyl sites for hydroxylation is 1. The van der Waals surface area contributed by atoms with Crippen LogP contribution in [0.1, 0.15) is 54.6 Å². The summed E-state index contributed by atoms with van der Waals surface area (Å²) in [5.74, 6) is 7.16. The molecule has 0 saturated carbocycles. The molecule has 0 radical (unpaired) electrons. The van der Waals surface area contributed by atoms with Crippen molar-refractivity contribution in [2.24, 2.45) is 0 Å². The molecule has 0 spiro atoms. The molecule has 2 heterocycles. The molecule has 0 saturated heterocycles. The molecule has 2 aromatic heterocycles. The fourth-order valence-electron chi connectivity index (χ4n) is 3.31. The molecule has 4 nitrogen and oxygen atoms in total. The van der Waals surface area contributed by atoms with Gasteiger partial charge in [-0.15, -0.1) is 11.3 Å². The van der Waals surface area contributed by atoms with Crippen LogP contribution in [0, 0.1) is 18.8 Å². The Kier molecular flexibility index (Phi) is 4.97. The molecule has 1 aliphatic rings. The maximum Gasteiger partial charge on any atom is 0.267 e. The van der Waals surface area contributed by atoms with E-state index in [0.717, 1.165) is 34.9 Å². The van der Waals surface area contributed by atoms with E-state index < -0.39 is 0 Å². The minimum absolute atomic E-state index is 0.0635. The third-order valence-corrected chi connectivity index (χ3v) is 5.49. The summed E-state index contributed by atoms with van der Waals surface area (Å²) in [4.78, 5) is 23.8. The first-order valence-electron chi connectivity index (χ1n) is 9.41. The smallest absolute Gasteiger partial charge is 0.267 e. The molecule has 140 valence electrons. The third-order valence-electron chi connectivity index (χ3n) is 4.73. The van der Waals surface area contributed by atoms with Gasteiger partial charge < -0.3 is 0 Å². The van der Waals surface area contributed by atoms with Crippen molar-refractivity contribution >= 4 is 27.9 Å². The van der Waals surface area contributed by atoms with Crippen LogP contribution in [0.3, 0.4) is 0 Å². The second kappa shape index (κ2) is 7.57. The van der Waals surface area contributed by atoms with Crippen molar-refractivity contribution in [3.8, 4) is 11.8 Å². The molecule has 4 rings (SSSR count). The molecule has 0 atom stereocenters. The molecule has 3 aromatic rings. The lowest BCUT2D eigenvalue weighted by molar-refractivity contribution is 0.729. The zero-order chi connectivity index (χ0) is 19.7. The highest BCUT2D eigenvalue weighted by molar-refractivity contribution is 7.09. The van der Waals surface area contributed by atoms with Crippen LogP contribution in [0.2, 0.25) is 0 Å². The minimum Gasteiger partial charge on any atom is -0.268 e. The van der Waals surface area contributed by atoms with Gasteiger partial charge in [-0.2, -0.15) is 0 Å². The van der Waals surface area contributed by atoms with Crippen molar-refractivity contribution in [2.75, 3.05) is 0 Å². The van der Waals surface area contributed by atoms with Crippen molar-refractivity contribution in [1.29, 1.82) is 0 Å². The van der Waals surface area contributed by atoms with Gasteiger partial charge in [0.2, 0.25) is 0 Å². The van der Waals surface area contributed by atoms with Gasteiger partial charge in [-0.25, -0.2) is 9.97 Å². The number of thiazole rings is 1. The Morgan fingerprint density at radius 1 is 1.21 bits per heavy atom. The molecule has 5 heteroatoms. The van der Waals surface area contributed by atoms with E-state index in [0.29, 0.717) is 16.5 Å². The van der Waals surface area contributed by atoms with Gasteiger partial charge in [0.05, 0.1) is 16.4 Å². The normalized spacial score (nSPS) is 13.5. The number of benzene rings is 1. The van der Waals surface area contributed by atoms with Crippen LogP contribution in [0.15, 0.2) is 46.7 Å². The Morgan fingerprint density at radius 2 is 2.07 bits per heavy atom. The third kappa shape index (κ3) is 3.32. The van der Waals surface area contributed by atoms with Crippen molar-refractivity contribution in [3.63, 3.8) is 0 Å². The zero-order valence-electron chi connectivity index (χ0n) is 16.2. The Labute approximate surface area is 168 Å². The van der Waals surface area contributed by atoms with Gasteiger partial charge in [0.1, 0.15) is 11.5 Å². The van der Waals surface area contributed by atoms with Crippen LogP contribution in [0.25, 0.3) is 16.6 Å². The quantitative estimate of drug-likeness (QED) is 0.589. The van der Waals surface area contributed by atoms with E-state index in [9.17, 15) is 4.79 Å². The number of rotatable bonds is 2. The fraction of sp³-hybridized carbons (Fsp3) is 0.261. The molecule has 1 aromatic carbocycles. The largest absolute Gasteiger partial charge is 0.268 e. The molecule has 0 unspecified atom stereocenters. The Balaban J connectivity index is 1.98. The van der Waals surface area contributed by atoms with Crippen LogP contribution in [0.5, 0.6) is 0 Å². The SMILES string of the molecule is Cc1scnc1C#Cc1cccc2nc(C(C)C)n(C3=CCCC=C3)c(=O)c12. The van der Waals surface area contributed by atoms with Gasteiger partial charge in [0.15, 0.2) is 0 Å². The van der Waals surface area contributed by atoms with E-state index >= 15 is 0 Å². The van der Waals surface area contributed by atoms with Crippen LogP contribution >= 0.6 is 11.3 Å².